The molecule has 0 aliphatic heterocycles. The summed E-state index contributed by atoms with van der Waals surface area (Å²) in [5, 5.41) is 8.42. The van der Waals surface area contributed by atoms with Crippen LogP contribution < -0.4 is 5.43 Å². The first-order valence-corrected chi connectivity index (χ1v) is 7.95. The summed E-state index contributed by atoms with van der Waals surface area (Å²) in [6.45, 7) is 1.89. The number of rotatable bonds is 4. The second-order valence-electron chi connectivity index (χ2n) is 5.02. The van der Waals surface area contributed by atoms with E-state index in [4.69, 9.17) is 0 Å². The molecule has 1 amide bonds. The molecule has 0 saturated heterocycles. The monoisotopic (exact) mass is 308 g/mol. The summed E-state index contributed by atoms with van der Waals surface area (Å²) in [5.41, 5.74) is 4.47. The molecule has 22 heavy (non-hydrogen) atoms. The van der Waals surface area contributed by atoms with Gasteiger partial charge in [-0.25, -0.2) is 5.43 Å². The molecule has 3 nitrogen and oxygen atoms in total. The molecule has 0 unspecified atom stereocenters. The van der Waals surface area contributed by atoms with Crippen molar-refractivity contribution in [2.45, 2.75) is 13.3 Å². The van der Waals surface area contributed by atoms with E-state index in [1.807, 2.05) is 54.8 Å². The third kappa shape index (κ3) is 3.23. The summed E-state index contributed by atoms with van der Waals surface area (Å²) in [6.07, 6.45) is 0.322. The van der Waals surface area contributed by atoms with Crippen LogP contribution in [0.5, 0.6) is 0 Å². The highest BCUT2D eigenvalue weighted by Gasteiger charge is 2.06. The van der Waals surface area contributed by atoms with Crippen molar-refractivity contribution in [2.24, 2.45) is 5.10 Å². The van der Waals surface area contributed by atoms with Crippen LogP contribution in [0.1, 0.15) is 17.4 Å². The second kappa shape index (κ2) is 6.54. The number of nitrogens with zero attached hydrogens (tertiary/aromatic N) is 1. The summed E-state index contributed by atoms with van der Waals surface area (Å²) in [4.78, 5) is 13.2. The third-order valence-corrected chi connectivity index (χ3v) is 4.44. The average Bonchev–Trinajstić information content (AvgIpc) is 3.07. The number of carbonyl (C=O) groups is 1. The van der Waals surface area contributed by atoms with Crippen molar-refractivity contribution >= 4 is 33.7 Å². The molecule has 1 aromatic heterocycles. The lowest BCUT2D eigenvalue weighted by Crippen LogP contribution is -2.21. The highest BCUT2D eigenvalue weighted by atomic mass is 32.1. The third-order valence-electron chi connectivity index (χ3n) is 3.46. The Bertz CT molecular complexity index is 817. The first-order valence-electron chi connectivity index (χ1n) is 7.07. The summed E-state index contributed by atoms with van der Waals surface area (Å²) in [5.74, 6) is -0.104. The SMILES string of the molecule is C/C(=N/NC(=O)Cc1cccc2ccccc12)c1cccs1. The lowest BCUT2D eigenvalue weighted by Gasteiger charge is -2.06. The van der Waals surface area contributed by atoms with Crippen LogP contribution in [0, 0.1) is 0 Å². The van der Waals surface area contributed by atoms with Crippen molar-refractivity contribution in [3.05, 3.63) is 70.4 Å². The second-order valence-corrected chi connectivity index (χ2v) is 5.97. The largest absolute Gasteiger partial charge is 0.273 e. The molecule has 1 heterocycles. The van der Waals surface area contributed by atoms with Crippen LogP contribution in [0.4, 0.5) is 0 Å². The fraction of sp³-hybridized carbons (Fsp3) is 0.111. The van der Waals surface area contributed by atoms with E-state index in [2.05, 4.69) is 22.7 Å². The van der Waals surface area contributed by atoms with E-state index in [-0.39, 0.29) is 5.91 Å². The van der Waals surface area contributed by atoms with Crippen LogP contribution >= 0.6 is 11.3 Å². The highest BCUT2D eigenvalue weighted by molar-refractivity contribution is 7.12. The summed E-state index contributed by atoms with van der Waals surface area (Å²) in [7, 11) is 0. The minimum Gasteiger partial charge on any atom is -0.273 e. The molecule has 3 aromatic rings. The maximum absolute atomic E-state index is 12.1. The maximum Gasteiger partial charge on any atom is 0.244 e. The Labute approximate surface area is 133 Å². The van der Waals surface area contributed by atoms with E-state index in [0.29, 0.717) is 6.42 Å². The van der Waals surface area contributed by atoms with Gasteiger partial charge in [0.05, 0.1) is 12.1 Å². The number of thiophene rings is 1. The Balaban J connectivity index is 1.72. The van der Waals surface area contributed by atoms with Gasteiger partial charge in [0, 0.05) is 4.88 Å². The Morgan fingerprint density at radius 3 is 2.73 bits per heavy atom. The van der Waals surface area contributed by atoms with Crippen molar-refractivity contribution in [3.63, 3.8) is 0 Å². The molecule has 0 saturated carbocycles. The highest BCUT2D eigenvalue weighted by Crippen LogP contribution is 2.18. The van der Waals surface area contributed by atoms with Crippen LogP contribution in [0.15, 0.2) is 65.1 Å². The Kier molecular flexibility index (Phi) is 4.30. The minimum atomic E-state index is -0.104. The molecule has 110 valence electrons. The van der Waals surface area contributed by atoms with E-state index in [1.165, 1.54) is 0 Å². The van der Waals surface area contributed by atoms with Gasteiger partial charge >= 0.3 is 0 Å². The molecule has 0 fully saturated rings. The van der Waals surface area contributed by atoms with Gasteiger partial charge in [-0.05, 0) is 34.7 Å². The number of hydrazone groups is 1. The predicted molar refractivity (Wildman–Crippen MR) is 92.3 cm³/mol. The van der Waals surface area contributed by atoms with E-state index < -0.39 is 0 Å². The number of hydrogen-bond acceptors (Lipinski definition) is 3. The summed E-state index contributed by atoms with van der Waals surface area (Å²) >= 11 is 1.61. The van der Waals surface area contributed by atoms with Crippen LogP contribution in [0.3, 0.4) is 0 Å². The Morgan fingerprint density at radius 2 is 1.91 bits per heavy atom. The number of nitrogens with one attached hydrogen (secondary N) is 1. The van der Waals surface area contributed by atoms with Crippen LogP contribution in [-0.2, 0) is 11.2 Å². The maximum atomic E-state index is 12.1. The molecule has 1 N–H and O–H groups in total. The first-order chi connectivity index (χ1) is 10.7. The summed E-state index contributed by atoms with van der Waals surface area (Å²) in [6, 6.07) is 18.0. The smallest absolute Gasteiger partial charge is 0.244 e. The zero-order valence-electron chi connectivity index (χ0n) is 12.2. The van der Waals surface area contributed by atoms with Crippen LogP contribution in [0.25, 0.3) is 10.8 Å². The molecular formula is C18H16N2OS. The molecular weight excluding hydrogens is 292 g/mol. The zero-order valence-corrected chi connectivity index (χ0v) is 13.1. The fourth-order valence-corrected chi connectivity index (χ4v) is 3.02. The molecule has 3 rings (SSSR count). The number of hydrogen-bond donors (Lipinski definition) is 1. The number of benzene rings is 2. The molecule has 0 radical (unpaired) electrons. The van der Waals surface area contributed by atoms with E-state index in [0.717, 1.165) is 26.9 Å². The van der Waals surface area contributed by atoms with Gasteiger partial charge in [-0.2, -0.15) is 5.10 Å². The van der Waals surface area contributed by atoms with E-state index >= 15 is 0 Å². The van der Waals surface area contributed by atoms with Gasteiger partial charge in [0.2, 0.25) is 5.91 Å². The van der Waals surface area contributed by atoms with Crippen molar-refractivity contribution in [3.8, 4) is 0 Å². The van der Waals surface area contributed by atoms with Crippen LogP contribution in [0.2, 0.25) is 0 Å². The van der Waals surface area contributed by atoms with Gasteiger partial charge in [0.25, 0.3) is 0 Å². The predicted octanol–water partition coefficient (Wildman–Crippen LogP) is 3.98. The van der Waals surface area contributed by atoms with Gasteiger partial charge < -0.3 is 0 Å². The Hall–Kier alpha value is -2.46. The van der Waals surface area contributed by atoms with Gasteiger partial charge in [-0.3, -0.25) is 4.79 Å². The van der Waals surface area contributed by atoms with Crippen molar-refractivity contribution < 1.29 is 4.79 Å². The molecule has 2 aromatic carbocycles. The number of fused-ring (bicyclic) bond motifs is 1. The first kappa shape index (κ1) is 14.5. The molecule has 0 aliphatic rings. The minimum absolute atomic E-state index is 0.104. The Morgan fingerprint density at radius 1 is 1.09 bits per heavy atom. The molecule has 0 atom stereocenters. The molecule has 0 bridgehead atoms. The zero-order chi connectivity index (χ0) is 15.4. The topological polar surface area (TPSA) is 41.5 Å². The van der Waals surface area contributed by atoms with Gasteiger partial charge in [-0.1, -0.05) is 48.5 Å². The lowest BCUT2D eigenvalue weighted by molar-refractivity contribution is -0.120. The van der Waals surface area contributed by atoms with Crippen molar-refractivity contribution in [1.82, 2.24) is 5.43 Å². The number of carbonyl (C=O) groups excluding carboxylic acids is 1. The van der Waals surface area contributed by atoms with Gasteiger partial charge in [0.15, 0.2) is 0 Å². The summed E-state index contributed by atoms with van der Waals surface area (Å²) < 4.78 is 0. The van der Waals surface area contributed by atoms with E-state index in [1.54, 1.807) is 11.3 Å². The molecule has 0 spiro atoms. The molecule has 4 heteroatoms. The fourth-order valence-electron chi connectivity index (χ4n) is 2.34. The lowest BCUT2D eigenvalue weighted by atomic mass is 10.0. The van der Waals surface area contributed by atoms with Gasteiger partial charge in [0.1, 0.15) is 0 Å². The van der Waals surface area contributed by atoms with Crippen molar-refractivity contribution in [1.29, 1.82) is 0 Å². The van der Waals surface area contributed by atoms with Crippen LogP contribution in [-0.4, -0.2) is 11.6 Å². The quantitative estimate of drug-likeness (QED) is 0.575. The normalized spacial score (nSPS) is 11.6. The van der Waals surface area contributed by atoms with Crippen molar-refractivity contribution in [2.75, 3.05) is 0 Å². The van der Waals surface area contributed by atoms with Gasteiger partial charge in [-0.15, -0.1) is 11.3 Å². The standard InChI is InChI=1S/C18H16N2OS/c1-13(17-10-5-11-22-17)19-20-18(21)12-15-8-4-7-14-6-2-3-9-16(14)15/h2-11H,12H2,1H3,(H,20,21)/b19-13-. The molecule has 0 aliphatic carbocycles. The van der Waals surface area contributed by atoms with E-state index in [9.17, 15) is 4.79 Å². The average molecular weight is 308 g/mol. The number of amides is 1.